The fraction of sp³-hybridized carbons (Fsp3) is 0.833. The largest absolute Gasteiger partial charge is 0.381 e. The molecular weight excluding hydrogens is 288 g/mol. The number of likely N-dealkylation sites (N-methyl/N-ethyl adjacent to an activating group) is 2. The molecule has 2 fully saturated rings. The minimum atomic E-state index is 0.575. The highest BCUT2D eigenvalue weighted by Gasteiger charge is 2.37. The van der Waals surface area contributed by atoms with Crippen LogP contribution in [0.5, 0.6) is 0 Å². The quantitative estimate of drug-likeness (QED) is 0.874. The fourth-order valence-corrected chi connectivity index (χ4v) is 4.22. The van der Waals surface area contributed by atoms with Gasteiger partial charge in [0.2, 0.25) is 0 Å². The summed E-state index contributed by atoms with van der Waals surface area (Å²) in [4.78, 5) is 2.37. The Morgan fingerprint density at radius 2 is 2.04 bits per heavy atom. The maximum absolute atomic E-state index is 5.56. The summed E-state index contributed by atoms with van der Waals surface area (Å²) in [6.45, 7) is 5.01. The van der Waals surface area contributed by atoms with E-state index in [0.717, 1.165) is 32.8 Å². The van der Waals surface area contributed by atoms with Gasteiger partial charge in [-0.2, -0.15) is 5.10 Å². The molecule has 0 atom stereocenters. The Bertz CT molecular complexity index is 471. The Balaban J connectivity index is 1.57. The first-order valence-electron chi connectivity index (χ1n) is 9.16. The lowest BCUT2D eigenvalue weighted by molar-refractivity contribution is -0.0127. The van der Waals surface area contributed by atoms with E-state index in [4.69, 9.17) is 4.74 Å². The molecule has 2 heterocycles. The minimum Gasteiger partial charge on any atom is -0.381 e. The predicted octanol–water partition coefficient (Wildman–Crippen LogP) is 2.45. The standard InChI is InChI=1S/C18H32N4O/c1-19-11-12-21(2)15-17-5-10-20-22(17)16-3-6-18(7-4-16)8-13-23-14-9-18/h5,10,16,19H,3-4,6-9,11-15H2,1-2H3. The van der Waals surface area contributed by atoms with Crippen molar-refractivity contribution < 1.29 is 4.74 Å². The summed E-state index contributed by atoms with van der Waals surface area (Å²) in [7, 11) is 4.19. The van der Waals surface area contributed by atoms with Crippen molar-refractivity contribution in [1.29, 1.82) is 0 Å². The molecule has 2 aliphatic rings. The Kier molecular flexibility index (Phi) is 5.72. The molecule has 5 nitrogen and oxygen atoms in total. The molecule has 1 N–H and O–H groups in total. The van der Waals surface area contributed by atoms with E-state index in [2.05, 4.69) is 33.1 Å². The molecule has 1 spiro atoms. The van der Waals surface area contributed by atoms with Gasteiger partial charge in [0.15, 0.2) is 0 Å². The third-order valence-electron chi connectivity index (χ3n) is 5.84. The fourth-order valence-electron chi connectivity index (χ4n) is 4.22. The van der Waals surface area contributed by atoms with Gasteiger partial charge in [0.05, 0.1) is 11.7 Å². The molecule has 3 rings (SSSR count). The van der Waals surface area contributed by atoms with Crippen molar-refractivity contribution in [3.8, 4) is 0 Å². The van der Waals surface area contributed by atoms with Crippen LogP contribution in [0.4, 0.5) is 0 Å². The molecule has 5 heteroatoms. The first-order chi connectivity index (χ1) is 11.2. The van der Waals surface area contributed by atoms with Crippen LogP contribution >= 0.6 is 0 Å². The highest BCUT2D eigenvalue weighted by molar-refractivity contribution is 5.03. The van der Waals surface area contributed by atoms with Crippen molar-refractivity contribution in [2.45, 2.75) is 51.1 Å². The first-order valence-corrected chi connectivity index (χ1v) is 9.16. The summed E-state index contributed by atoms with van der Waals surface area (Å²) >= 11 is 0. The molecular formula is C18H32N4O. The summed E-state index contributed by atoms with van der Waals surface area (Å²) in [5.74, 6) is 0. The van der Waals surface area contributed by atoms with Crippen molar-refractivity contribution in [3.05, 3.63) is 18.0 Å². The number of aromatic nitrogens is 2. The highest BCUT2D eigenvalue weighted by Crippen LogP contribution is 2.47. The zero-order valence-corrected chi connectivity index (χ0v) is 14.8. The van der Waals surface area contributed by atoms with Crippen LogP contribution in [0, 0.1) is 5.41 Å². The molecule has 1 aliphatic carbocycles. The topological polar surface area (TPSA) is 42.3 Å². The van der Waals surface area contributed by atoms with Crippen LogP contribution in [0.2, 0.25) is 0 Å². The van der Waals surface area contributed by atoms with Crippen molar-refractivity contribution in [1.82, 2.24) is 20.0 Å². The van der Waals surface area contributed by atoms with Gasteiger partial charge >= 0.3 is 0 Å². The van der Waals surface area contributed by atoms with E-state index < -0.39 is 0 Å². The molecule has 0 bridgehead atoms. The third-order valence-corrected chi connectivity index (χ3v) is 5.84. The Morgan fingerprint density at radius 3 is 2.74 bits per heavy atom. The molecule has 0 amide bonds. The van der Waals surface area contributed by atoms with Crippen molar-refractivity contribution in [2.75, 3.05) is 40.4 Å². The van der Waals surface area contributed by atoms with Gasteiger partial charge in [-0.05, 0) is 64.1 Å². The lowest BCUT2D eigenvalue weighted by Gasteiger charge is -2.43. The van der Waals surface area contributed by atoms with E-state index in [0.29, 0.717) is 11.5 Å². The molecule has 1 aliphatic heterocycles. The molecule has 0 unspecified atom stereocenters. The minimum absolute atomic E-state index is 0.575. The van der Waals surface area contributed by atoms with Crippen molar-refractivity contribution >= 4 is 0 Å². The number of ether oxygens (including phenoxy) is 1. The van der Waals surface area contributed by atoms with Gasteiger partial charge in [-0.1, -0.05) is 0 Å². The highest BCUT2D eigenvalue weighted by atomic mass is 16.5. The van der Waals surface area contributed by atoms with E-state index in [1.807, 2.05) is 13.2 Å². The maximum Gasteiger partial charge on any atom is 0.0527 e. The van der Waals surface area contributed by atoms with E-state index in [1.54, 1.807) is 0 Å². The molecule has 0 aromatic carbocycles. The van der Waals surface area contributed by atoms with Crippen LogP contribution in [0.3, 0.4) is 0 Å². The van der Waals surface area contributed by atoms with Crippen LogP contribution in [-0.4, -0.2) is 55.1 Å². The maximum atomic E-state index is 5.56. The van der Waals surface area contributed by atoms with E-state index in [-0.39, 0.29) is 0 Å². The van der Waals surface area contributed by atoms with Crippen LogP contribution < -0.4 is 5.32 Å². The number of hydrogen-bond acceptors (Lipinski definition) is 4. The molecule has 23 heavy (non-hydrogen) atoms. The van der Waals surface area contributed by atoms with Gasteiger partial charge in [0.25, 0.3) is 0 Å². The lowest BCUT2D eigenvalue weighted by atomic mass is 9.68. The van der Waals surface area contributed by atoms with E-state index >= 15 is 0 Å². The van der Waals surface area contributed by atoms with Crippen LogP contribution in [-0.2, 0) is 11.3 Å². The molecule has 0 radical (unpaired) electrons. The monoisotopic (exact) mass is 320 g/mol. The number of hydrogen-bond donors (Lipinski definition) is 1. The Hall–Kier alpha value is -0.910. The van der Waals surface area contributed by atoms with Gasteiger partial charge in [-0.15, -0.1) is 0 Å². The zero-order valence-electron chi connectivity index (χ0n) is 14.8. The third kappa shape index (κ3) is 4.14. The average molecular weight is 320 g/mol. The Morgan fingerprint density at radius 1 is 1.30 bits per heavy atom. The van der Waals surface area contributed by atoms with Gasteiger partial charge in [-0.25, -0.2) is 0 Å². The molecule has 1 aromatic rings. The van der Waals surface area contributed by atoms with Crippen LogP contribution in [0.25, 0.3) is 0 Å². The van der Waals surface area contributed by atoms with Crippen molar-refractivity contribution in [3.63, 3.8) is 0 Å². The SMILES string of the molecule is CNCCN(C)Cc1ccnn1C1CCC2(CCOCC2)CC1. The smallest absolute Gasteiger partial charge is 0.0527 e. The average Bonchev–Trinajstić information content (AvgIpc) is 3.02. The van der Waals surface area contributed by atoms with E-state index in [9.17, 15) is 0 Å². The zero-order chi connectivity index (χ0) is 16.1. The molecule has 1 aromatic heterocycles. The Labute approximate surface area is 140 Å². The molecule has 1 saturated carbocycles. The summed E-state index contributed by atoms with van der Waals surface area (Å²) in [6, 6.07) is 2.78. The van der Waals surface area contributed by atoms with Crippen LogP contribution in [0.15, 0.2) is 12.3 Å². The number of rotatable bonds is 6. The second-order valence-electron chi connectivity index (χ2n) is 7.45. The van der Waals surface area contributed by atoms with Crippen LogP contribution in [0.1, 0.15) is 50.3 Å². The molecule has 130 valence electrons. The summed E-state index contributed by atoms with van der Waals surface area (Å²) in [6.07, 6.45) is 9.73. The summed E-state index contributed by atoms with van der Waals surface area (Å²) in [5.41, 5.74) is 1.93. The van der Waals surface area contributed by atoms with Crippen molar-refractivity contribution in [2.24, 2.45) is 5.41 Å². The predicted molar refractivity (Wildman–Crippen MR) is 92.5 cm³/mol. The second kappa shape index (κ2) is 7.77. The molecule has 1 saturated heterocycles. The first kappa shape index (κ1) is 16.9. The normalized spacial score (nSPS) is 22.0. The second-order valence-corrected chi connectivity index (χ2v) is 7.45. The number of nitrogens with zero attached hydrogens (tertiary/aromatic N) is 3. The van der Waals surface area contributed by atoms with Gasteiger partial charge < -0.3 is 10.1 Å². The summed E-state index contributed by atoms with van der Waals surface area (Å²) in [5, 5.41) is 7.87. The lowest BCUT2D eigenvalue weighted by Crippen LogP contribution is -2.35. The van der Waals surface area contributed by atoms with E-state index in [1.165, 1.54) is 44.2 Å². The van der Waals surface area contributed by atoms with Gasteiger partial charge in [0, 0.05) is 39.0 Å². The van der Waals surface area contributed by atoms with Gasteiger partial charge in [-0.3, -0.25) is 9.58 Å². The summed E-state index contributed by atoms with van der Waals surface area (Å²) < 4.78 is 7.87. The number of nitrogens with one attached hydrogen (secondary N) is 1. The van der Waals surface area contributed by atoms with Gasteiger partial charge in [0.1, 0.15) is 0 Å².